The van der Waals surface area contributed by atoms with E-state index in [9.17, 15) is 4.39 Å². The quantitative estimate of drug-likeness (QED) is 0.819. The maximum absolute atomic E-state index is 14.0. The van der Waals surface area contributed by atoms with Gasteiger partial charge in [-0.1, -0.05) is 48.5 Å². The molecule has 1 heterocycles. The molecule has 0 amide bonds. The van der Waals surface area contributed by atoms with Crippen LogP contribution < -0.4 is 0 Å². The molecule has 20 heavy (non-hydrogen) atoms. The van der Waals surface area contributed by atoms with Gasteiger partial charge in [-0.3, -0.25) is 0 Å². The van der Waals surface area contributed by atoms with E-state index in [0.717, 1.165) is 12.0 Å². The molecule has 3 heteroatoms. The summed E-state index contributed by atoms with van der Waals surface area (Å²) in [6, 6.07) is 17.9. The number of halogens is 1. The first-order chi connectivity index (χ1) is 9.68. The lowest BCUT2D eigenvalue weighted by molar-refractivity contribution is 0.0244. The van der Waals surface area contributed by atoms with E-state index in [0.29, 0.717) is 6.04 Å². The van der Waals surface area contributed by atoms with Gasteiger partial charge in [0.1, 0.15) is 5.82 Å². The molecule has 1 fully saturated rings. The monoisotopic (exact) mass is 270 g/mol. The van der Waals surface area contributed by atoms with Gasteiger partial charge < -0.3 is 0 Å². The third-order valence-corrected chi connectivity index (χ3v) is 4.29. The number of nitrogens with zero attached hydrogens (tertiary/aromatic N) is 2. The van der Waals surface area contributed by atoms with E-state index in [2.05, 4.69) is 41.3 Å². The minimum atomic E-state index is -0.119. The average Bonchev–Trinajstić information content (AvgIpc) is 2.77. The summed E-state index contributed by atoms with van der Waals surface area (Å²) >= 11 is 0. The summed E-state index contributed by atoms with van der Waals surface area (Å²) in [6.45, 7) is 0. The summed E-state index contributed by atoms with van der Waals surface area (Å²) in [6.07, 6.45) is 0.901. The molecule has 0 N–H and O–H groups in total. The molecule has 0 unspecified atom stereocenters. The highest BCUT2D eigenvalue weighted by Crippen LogP contribution is 2.42. The highest BCUT2D eigenvalue weighted by molar-refractivity contribution is 5.26. The number of hydrazine groups is 1. The van der Waals surface area contributed by atoms with Gasteiger partial charge in [-0.2, -0.15) is 0 Å². The van der Waals surface area contributed by atoms with Gasteiger partial charge in [0.15, 0.2) is 0 Å². The lowest BCUT2D eigenvalue weighted by Crippen LogP contribution is -2.32. The van der Waals surface area contributed by atoms with Crippen molar-refractivity contribution in [2.75, 3.05) is 14.1 Å². The second kappa shape index (κ2) is 5.35. The van der Waals surface area contributed by atoms with E-state index in [-0.39, 0.29) is 11.9 Å². The first-order valence-electron chi connectivity index (χ1n) is 6.93. The molecular weight excluding hydrogens is 251 g/mol. The Balaban J connectivity index is 1.91. The zero-order valence-electron chi connectivity index (χ0n) is 11.8. The van der Waals surface area contributed by atoms with Crippen molar-refractivity contribution in [3.63, 3.8) is 0 Å². The largest absolute Gasteiger partial charge is 0.237 e. The molecule has 0 saturated carbocycles. The van der Waals surface area contributed by atoms with Crippen molar-refractivity contribution >= 4 is 0 Å². The molecule has 0 aliphatic carbocycles. The first-order valence-corrected chi connectivity index (χ1v) is 6.93. The Morgan fingerprint density at radius 2 is 1.45 bits per heavy atom. The van der Waals surface area contributed by atoms with Gasteiger partial charge >= 0.3 is 0 Å². The maximum atomic E-state index is 14.0. The second-order valence-corrected chi connectivity index (χ2v) is 5.35. The second-order valence-electron chi connectivity index (χ2n) is 5.35. The molecule has 0 radical (unpaired) electrons. The van der Waals surface area contributed by atoms with Crippen molar-refractivity contribution in [3.8, 4) is 0 Å². The molecule has 0 aromatic heterocycles. The minimum absolute atomic E-state index is 0.0893. The molecule has 2 atom stereocenters. The van der Waals surface area contributed by atoms with Crippen LogP contribution in [0.15, 0.2) is 54.6 Å². The van der Waals surface area contributed by atoms with E-state index in [1.54, 1.807) is 12.1 Å². The normalized spacial score (nSPS) is 24.1. The number of hydrogen-bond acceptors (Lipinski definition) is 2. The van der Waals surface area contributed by atoms with Crippen LogP contribution in [-0.2, 0) is 0 Å². The molecule has 2 aromatic rings. The fourth-order valence-electron chi connectivity index (χ4n) is 3.06. The zero-order valence-corrected chi connectivity index (χ0v) is 11.8. The molecule has 1 aliphatic rings. The summed E-state index contributed by atoms with van der Waals surface area (Å²) in [5.74, 6) is -0.119. The van der Waals surface area contributed by atoms with Gasteiger partial charge in [0.25, 0.3) is 0 Å². The Bertz CT molecular complexity index is 585. The zero-order chi connectivity index (χ0) is 14.1. The topological polar surface area (TPSA) is 6.48 Å². The molecule has 2 nitrogen and oxygen atoms in total. The van der Waals surface area contributed by atoms with Crippen LogP contribution in [0, 0.1) is 5.82 Å². The number of hydrogen-bond donors (Lipinski definition) is 0. The third-order valence-electron chi connectivity index (χ3n) is 4.29. The smallest absolute Gasteiger partial charge is 0.128 e. The van der Waals surface area contributed by atoms with Crippen molar-refractivity contribution in [2.45, 2.75) is 18.5 Å². The molecule has 2 aromatic carbocycles. The lowest BCUT2D eigenvalue weighted by Gasteiger charge is -2.28. The Kier molecular flexibility index (Phi) is 3.55. The Morgan fingerprint density at radius 1 is 0.850 bits per heavy atom. The van der Waals surface area contributed by atoms with Crippen LogP contribution in [0.5, 0.6) is 0 Å². The highest BCUT2D eigenvalue weighted by Gasteiger charge is 2.37. The summed E-state index contributed by atoms with van der Waals surface area (Å²) < 4.78 is 14.0. The third kappa shape index (κ3) is 2.23. The van der Waals surface area contributed by atoms with Crippen LogP contribution in [0.3, 0.4) is 0 Å². The maximum Gasteiger partial charge on any atom is 0.128 e. The Labute approximate surface area is 119 Å². The predicted molar refractivity (Wildman–Crippen MR) is 78.5 cm³/mol. The first kappa shape index (κ1) is 13.3. The van der Waals surface area contributed by atoms with Crippen molar-refractivity contribution in [1.29, 1.82) is 0 Å². The minimum Gasteiger partial charge on any atom is -0.237 e. The van der Waals surface area contributed by atoms with Gasteiger partial charge in [-0.15, -0.1) is 0 Å². The lowest BCUT2D eigenvalue weighted by atomic mass is 9.97. The van der Waals surface area contributed by atoms with Crippen molar-refractivity contribution in [1.82, 2.24) is 10.0 Å². The van der Waals surface area contributed by atoms with Gasteiger partial charge in [0.05, 0.1) is 12.1 Å². The van der Waals surface area contributed by atoms with Crippen LogP contribution in [0.4, 0.5) is 4.39 Å². The molecular formula is C17H19FN2. The molecule has 3 rings (SSSR count). The van der Waals surface area contributed by atoms with E-state index >= 15 is 0 Å². The standard InChI is InChI=1S/C17H19FN2/c1-19-16(13-8-4-3-5-9-13)12-17(20(19)2)14-10-6-7-11-15(14)18/h3-11,16-17H,12H2,1-2H3/t16-,17+/m0/s1. The predicted octanol–water partition coefficient (Wildman–Crippen LogP) is 3.79. The average molecular weight is 270 g/mol. The van der Waals surface area contributed by atoms with Crippen LogP contribution in [0.1, 0.15) is 29.6 Å². The van der Waals surface area contributed by atoms with Crippen LogP contribution >= 0.6 is 0 Å². The van der Waals surface area contributed by atoms with E-state index in [4.69, 9.17) is 0 Å². The van der Waals surface area contributed by atoms with E-state index in [1.807, 2.05) is 25.2 Å². The van der Waals surface area contributed by atoms with Crippen LogP contribution in [0.2, 0.25) is 0 Å². The van der Waals surface area contributed by atoms with Gasteiger partial charge in [0.2, 0.25) is 0 Å². The van der Waals surface area contributed by atoms with Crippen LogP contribution in [-0.4, -0.2) is 24.1 Å². The Hall–Kier alpha value is -1.71. The van der Waals surface area contributed by atoms with Gasteiger partial charge in [0, 0.05) is 19.7 Å². The fourth-order valence-corrected chi connectivity index (χ4v) is 3.06. The molecule has 1 aliphatic heterocycles. The van der Waals surface area contributed by atoms with E-state index in [1.165, 1.54) is 5.56 Å². The molecule has 0 spiro atoms. The van der Waals surface area contributed by atoms with Crippen molar-refractivity contribution in [2.24, 2.45) is 0 Å². The summed E-state index contributed by atoms with van der Waals surface area (Å²) in [5.41, 5.74) is 2.06. The van der Waals surface area contributed by atoms with Gasteiger partial charge in [-0.05, 0) is 18.1 Å². The Morgan fingerprint density at radius 3 is 2.15 bits per heavy atom. The van der Waals surface area contributed by atoms with Gasteiger partial charge in [-0.25, -0.2) is 14.4 Å². The SMILES string of the molecule is CN1[C@@H](c2ccccc2F)C[C@@H](c2ccccc2)N1C. The van der Waals surface area contributed by atoms with Crippen molar-refractivity contribution < 1.29 is 4.39 Å². The molecule has 0 bridgehead atoms. The fraction of sp³-hybridized carbons (Fsp3) is 0.294. The molecule has 104 valence electrons. The van der Waals surface area contributed by atoms with Crippen LogP contribution in [0.25, 0.3) is 0 Å². The van der Waals surface area contributed by atoms with E-state index < -0.39 is 0 Å². The summed E-state index contributed by atoms with van der Waals surface area (Å²) in [7, 11) is 4.10. The highest BCUT2D eigenvalue weighted by atomic mass is 19.1. The molecule has 1 saturated heterocycles. The van der Waals surface area contributed by atoms with Crippen molar-refractivity contribution in [3.05, 3.63) is 71.5 Å². The number of rotatable bonds is 2. The summed E-state index contributed by atoms with van der Waals surface area (Å²) in [4.78, 5) is 0. The number of benzene rings is 2. The summed E-state index contributed by atoms with van der Waals surface area (Å²) in [5, 5.41) is 4.34.